The van der Waals surface area contributed by atoms with Crippen LogP contribution in [-0.2, 0) is 9.47 Å². The van der Waals surface area contributed by atoms with Crippen molar-refractivity contribution in [1.82, 2.24) is 19.6 Å². The number of phenolic OH excluding ortho intramolecular Hbond substituents is 2. The Morgan fingerprint density at radius 2 is 0.911 bits per heavy atom. The van der Waals surface area contributed by atoms with Gasteiger partial charge < -0.3 is 29.9 Å². The first-order valence-corrected chi connectivity index (χ1v) is 17.2. The number of aromatic hydroxyl groups is 4. The standard InChI is InChI=1S/C36H28Cl2N10O8/c1-3-55-35(53)29-27(43-41-23-15-9-11-19(37)31(23)49)33(51)47(45-29)25-17-7-5-13-21(25)39-40-22-14-6-8-18-26(22)48-34(52)28(30(46-48)36(54)56-4-2)44-42-24-16-10-12-20(38)32(24)50/h5-18,49-52H,3-4H2,1-2H3. The van der Waals surface area contributed by atoms with Crippen molar-refractivity contribution in [3.05, 3.63) is 106 Å². The summed E-state index contributed by atoms with van der Waals surface area (Å²) in [5, 5.41) is 76.4. The molecule has 0 radical (unpaired) electrons. The average Bonchev–Trinajstić information content (AvgIpc) is 3.70. The topological polar surface area (TPSA) is 243 Å². The van der Waals surface area contributed by atoms with Gasteiger partial charge in [0.25, 0.3) is 0 Å². The lowest BCUT2D eigenvalue weighted by molar-refractivity contribution is 0.0510. The Hall–Kier alpha value is -7.18. The largest absolute Gasteiger partial charge is 0.504 e. The molecule has 6 rings (SSSR count). The van der Waals surface area contributed by atoms with E-state index in [4.69, 9.17) is 32.7 Å². The molecule has 0 aliphatic carbocycles. The van der Waals surface area contributed by atoms with Crippen molar-refractivity contribution < 1.29 is 39.5 Å². The predicted octanol–water partition coefficient (Wildman–Crippen LogP) is 9.79. The number of carbonyl (C=O) groups is 2. The Morgan fingerprint density at radius 1 is 0.554 bits per heavy atom. The number of benzene rings is 4. The smallest absolute Gasteiger partial charge is 0.361 e. The van der Waals surface area contributed by atoms with E-state index in [2.05, 4.69) is 40.9 Å². The maximum absolute atomic E-state index is 12.9. The lowest BCUT2D eigenvalue weighted by Gasteiger charge is -2.08. The van der Waals surface area contributed by atoms with E-state index in [0.29, 0.717) is 0 Å². The van der Waals surface area contributed by atoms with Gasteiger partial charge in [0.2, 0.25) is 23.1 Å². The van der Waals surface area contributed by atoms with Gasteiger partial charge in [0.15, 0.2) is 22.9 Å². The highest BCUT2D eigenvalue weighted by molar-refractivity contribution is 6.32. The summed E-state index contributed by atoms with van der Waals surface area (Å²) in [5.74, 6) is -3.81. The minimum Gasteiger partial charge on any atom is -0.504 e. The number of aromatic nitrogens is 4. The third-order valence-corrected chi connectivity index (χ3v) is 8.15. The zero-order valence-electron chi connectivity index (χ0n) is 29.1. The van der Waals surface area contributed by atoms with Crippen LogP contribution in [0, 0.1) is 0 Å². The number of rotatable bonds is 12. The van der Waals surface area contributed by atoms with Crippen molar-refractivity contribution in [2.75, 3.05) is 13.2 Å². The number of halogens is 2. The number of azo groups is 3. The van der Waals surface area contributed by atoms with E-state index in [0.717, 1.165) is 9.36 Å². The third-order valence-electron chi connectivity index (χ3n) is 7.54. The first-order chi connectivity index (χ1) is 27.0. The van der Waals surface area contributed by atoms with E-state index >= 15 is 0 Å². The Morgan fingerprint density at radius 3 is 1.30 bits per heavy atom. The number of carbonyl (C=O) groups excluding carboxylic acids is 2. The molecule has 0 atom stereocenters. The van der Waals surface area contributed by atoms with Crippen molar-refractivity contribution in [3.63, 3.8) is 0 Å². The van der Waals surface area contributed by atoms with Crippen molar-refractivity contribution >= 4 is 69.3 Å². The first kappa shape index (κ1) is 38.5. The van der Waals surface area contributed by atoms with Crippen molar-refractivity contribution in [2.45, 2.75) is 13.8 Å². The summed E-state index contributed by atoms with van der Waals surface area (Å²) in [4.78, 5) is 25.9. The van der Waals surface area contributed by atoms with Gasteiger partial charge in [-0.2, -0.15) is 19.6 Å². The molecule has 0 spiro atoms. The molecule has 0 saturated carbocycles. The Bertz CT molecular complexity index is 2380. The zero-order valence-corrected chi connectivity index (χ0v) is 30.7. The molecule has 56 heavy (non-hydrogen) atoms. The summed E-state index contributed by atoms with van der Waals surface area (Å²) in [6.07, 6.45) is 0. The number of esters is 2. The highest BCUT2D eigenvalue weighted by Crippen LogP contribution is 2.42. The van der Waals surface area contributed by atoms with Gasteiger partial charge in [0.1, 0.15) is 22.7 Å². The van der Waals surface area contributed by atoms with Crippen LogP contribution in [0.3, 0.4) is 0 Å². The van der Waals surface area contributed by atoms with Crippen molar-refractivity contribution in [1.29, 1.82) is 0 Å². The van der Waals surface area contributed by atoms with E-state index in [1.807, 2.05) is 0 Å². The van der Waals surface area contributed by atoms with Crippen LogP contribution in [0.5, 0.6) is 23.3 Å². The fourth-order valence-electron chi connectivity index (χ4n) is 4.94. The van der Waals surface area contributed by atoms with E-state index in [-0.39, 0.29) is 80.3 Å². The maximum atomic E-state index is 12.9. The summed E-state index contributed by atoms with van der Waals surface area (Å²) in [6.45, 7) is 3.16. The Labute approximate surface area is 326 Å². The minimum absolute atomic E-state index is 0.00867. The molecule has 0 amide bonds. The van der Waals surface area contributed by atoms with Gasteiger partial charge in [-0.3, -0.25) is 0 Å². The van der Waals surface area contributed by atoms with Crippen LogP contribution in [0.2, 0.25) is 10.0 Å². The number of nitrogens with zero attached hydrogens (tertiary/aromatic N) is 10. The van der Waals surface area contributed by atoms with Gasteiger partial charge in [-0.15, -0.1) is 30.7 Å². The SMILES string of the molecule is CCOC(=O)c1nn(-c2ccccc2N=Nc2ccccc2-n2nc(C(=O)OCC)c(N=Nc3cccc(Cl)c3O)c2O)c(O)c1N=Nc1cccc(Cl)c1O. The number of hydrogen-bond donors (Lipinski definition) is 4. The minimum atomic E-state index is -0.914. The average molecular weight is 800 g/mol. The Balaban J connectivity index is 1.41. The van der Waals surface area contributed by atoms with Gasteiger partial charge in [0, 0.05) is 0 Å². The highest BCUT2D eigenvalue weighted by Gasteiger charge is 2.28. The van der Waals surface area contributed by atoms with Crippen LogP contribution in [0.4, 0.5) is 34.1 Å². The molecule has 4 N–H and O–H groups in total. The molecule has 0 aliphatic rings. The summed E-state index contributed by atoms with van der Waals surface area (Å²) in [6, 6.07) is 21.5. The molecular weight excluding hydrogens is 771 g/mol. The van der Waals surface area contributed by atoms with E-state index in [1.54, 1.807) is 50.2 Å². The lowest BCUT2D eigenvalue weighted by atomic mass is 10.2. The third kappa shape index (κ3) is 7.86. The molecule has 0 bridgehead atoms. The lowest BCUT2D eigenvalue weighted by Crippen LogP contribution is -2.07. The molecule has 0 fully saturated rings. The number of hydrogen-bond acceptors (Lipinski definition) is 16. The molecule has 0 aliphatic heterocycles. The second-order valence-electron chi connectivity index (χ2n) is 11.1. The number of phenols is 2. The van der Waals surface area contributed by atoms with E-state index in [1.165, 1.54) is 48.5 Å². The number of ether oxygens (including phenoxy) is 2. The molecule has 4 aromatic carbocycles. The summed E-state index contributed by atoms with van der Waals surface area (Å²) >= 11 is 12.0. The molecule has 0 unspecified atom stereocenters. The van der Waals surface area contributed by atoms with Crippen molar-refractivity contribution in [2.24, 2.45) is 30.7 Å². The predicted molar refractivity (Wildman–Crippen MR) is 201 cm³/mol. The second-order valence-corrected chi connectivity index (χ2v) is 11.9. The van der Waals surface area contributed by atoms with Gasteiger partial charge in [-0.05, 0) is 62.4 Å². The summed E-state index contributed by atoms with van der Waals surface area (Å²) < 4.78 is 12.2. The highest BCUT2D eigenvalue weighted by atomic mass is 35.5. The fourth-order valence-corrected chi connectivity index (χ4v) is 5.28. The molecule has 6 aromatic rings. The normalized spacial score (nSPS) is 11.6. The summed E-state index contributed by atoms with van der Waals surface area (Å²) in [5.41, 5.74) is -1.05. The van der Waals surface area contributed by atoms with Crippen LogP contribution in [-0.4, -0.2) is 65.1 Å². The van der Waals surface area contributed by atoms with Crippen molar-refractivity contribution in [3.8, 4) is 34.6 Å². The quantitative estimate of drug-likeness (QED) is 0.0674. The Kier molecular flexibility index (Phi) is 11.6. The zero-order chi connectivity index (χ0) is 39.9. The first-order valence-electron chi connectivity index (χ1n) is 16.4. The molecule has 0 saturated heterocycles. The molecule has 2 aromatic heterocycles. The van der Waals surface area contributed by atoms with Crippen LogP contribution < -0.4 is 0 Å². The molecule has 18 nitrogen and oxygen atoms in total. The summed E-state index contributed by atoms with van der Waals surface area (Å²) in [7, 11) is 0. The van der Waals surface area contributed by atoms with Crippen LogP contribution >= 0.6 is 23.2 Å². The van der Waals surface area contributed by atoms with Crippen LogP contribution in [0.25, 0.3) is 11.4 Å². The number of para-hydroxylation sites is 4. The molecule has 2 heterocycles. The maximum Gasteiger partial charge on any atom is 0.361 e. The molecular formula is C36H28Cl2N10O8. The molecule has 20 heteroatoms. The van der Waals surface area contributed by atoms with Crippen LogP contribution in [0.15, 0.2) is 116 Å². The molecule has 284 valence electrons. The van der Waals surface area contributed by atoms with Gasteiger partial charge in [0.05, 0.1) is 34.6 Å². The van der Waals surface area contributed by atoms with E-state index in [9.17, 15) is 30.0 Å². The fraction of sp³-hybridized carbons (Fsp3) is 0.111. The monoisotopic (exact) mass is 798 g/mol. The van der Waals surface area contributed by atoms with Gasteiger partial charge in [-0.1, -0.05) is 59.6 Å². The van der Waals surface area contributed by atoms with Gasteiger partial charge in [-0.25, -0.2) is 9.59 Å². The van der Waals surface area contributed by atoms with Gasteiger partial charge >= 0.3 is 11.9 Å². The second kappa shape index (κ2) is 16.9. The van der Waals surface area contributed by atoms with E-state index < -0.39 is 35.1 Å². The van der Waals surface area contributed by atoms with Crippen LogP contribution in [0.1, 0.15) is 34.8 Å².